The Morgan fingerprint density at radius 1 is 0.430 bits per heavy atom. The first-order valence-corrected chi connectivity index (χ1v) is 119. The van der Waals surface area contributed by atoms with Crippen LogP contribution in [0.2, 0.25) is 0 Å². The van der Waals surface area contributed by atoms with Crippen LogP contribution < -0.4 is 5.73 Å². The number of nitrogens with zero attached hydrogens (tertiary/aromatic N) is 7. The number of hydrogen-bond donors (Lipinski definition) is 5. The number of aryl methyl sites for hydroxylation is 2. The van der Waals surface area contributed by atoms with Gasteiger partial charge >= 0.3 is 0 Å². The van der Waals surface area contributed by atoms with Gasteiger partial charge in [0.15, 0.2) is 28.8 Å². The van der Waals surface area contributed by atoms with Crippen molar-refractivity contribution in [1.29, 1.82) is 0 Å². The van der Waals surface area contributed by atoms with Crippen molar-refractivity contribution >= 4 is 436 Å². The molecule has 552 valence electrons. The maximum Gasteiger partial charge on any atom is 0.189 e. The van der Waals surface area contributed by atoms with Crippen molar-refractivity contribution in [1.82, 2.24) is 39.5 Å². The molecule has 4 aromatic carbocycles. The second kappa shape index (κ2) is 53.0. The molecular weight excluding hydrogens is 2200 g/mol. The first-order valence-electron chi connectivity index (χ1n) is 26.6. The predicted molar refractivity (Wildman–Crippen MR) is 619 cm³/mol. The van der Waals surface area contributed by atoms with Gasteiger partial charge in [-0.05, 0) is 198 Å². The van der Waals surface area contributed by atoms with Gasteiger partial charge in [-0.2, -0.15) is 10.2 Å². The molecule has 12 nitrogen and oxygen atoms in total. The summed E-state index contributed by atoms with van der Waals surface area (Å²) in [5, 5.41) is 30.2. The molecule has 0 amide bonds. The minimum atomic E-state index is -0.200. The van der Waals surface area contributed by atoms with E-state index in [4.69, 9.17) is 12.3 Å². The lowest BCUT2D eigenvalue weighted by Gasteiger charge is -2.58. The molecule has 30 atom stereocenters. The van der Waals surface area contributed by atoms with Crippen LogP contribution >= 0.6 is 408 Å². The van der Waals surface area contributed by atoms with Crippen LogP contribution in [0.1, 0.15) is 13.0 Å². The number of benzene rings is 4. The Morgan fingerprint density at radius 3 is 1.02 bits per heavy atom. The van der Waals surface area contributed by atoms with Crippen molar-refractivity contribution in [3.8, 4) is 57.1 Å². The van der Waals surface area contributed by atoms with Crippen molar-refractivity contribution in [3.05, 3.63) is 114 Å². The van der Waals surface area contributed by atoms with E-state index in [0.717, 1.165) is 46.7 Å². The third kappa shape index (κ3) is 29.7. The quantitative estimate of drug-likeness (QED) is 0.0230. The van der Waals surface area contributed by atoms with Crippen molar-refractivity contribution < 1.29 is 10.2 Å². The van der Waals surface area contributed by atoms with Crippen LogP contribution in [0.4, 0.5) is 5.69 Å². The Hall–Kier alpha value is 15.2. The van der Waals surface area contributed by atoms with Gasteiger partial charge in [0, 0.05) is 31.8 Å². The van der Waals surface area contributed by atoms with Gasteiger partial charge in [-0.15, -0.1) is 232 Å². The van der Waals surface area contributed by atoms with Gasteiger partial charge in [-0.25, -0.2) is 14.8 Å². The lowest BCUT2D eigenvalue weighted by molar-refractivity contribution is 0.477. The molecule has 100 heavy (non-hydrogen) atoms. The minimum Gasteiger partial charge on any atom is -0.504 e. The lowest BCUT2D eigenvalue weighted by atomic mass is 10.1. The molecule has 8 rings (SSSR count). The number of hydrogen-bond acceptors (Lipinski definition) is 7. The number of nitrogens with one attached hydrogen (secondary N) is 2. The zero-order valence-corrected chi connectivity index (χ0v) is 105. The molecular formula is C37H87N10O2P51. The van der Waals surface area contributed by atoms with E-state index in [0.29, 0.717) is 46.7 Å². The van der Waals surface area contributed by atoms with Crippen LogP contribution in [0.25, 0.3) is 72.5 Å². The van der Waals surface area contributed by atoms with E-state index in [1.54, 1.807) is 41.7 Å². The molecule has 4 aromatic heterocycles. The first kappa shape index (κ1) is 106. The number of aromatic hydroxyl groups is 2. The van der Waals surface area contributed by atoms with Gasteiger partial charge in [-0.3, -0.25) is 9.36 Å². The average molecular weight is 2280 g/mol. The number of aromatic amines is 2. The molecule has 0 aliphatic carbocycles. The zero-order chi connectivity index (χ0) is 73.9. The normalized spacial score (nSPS) is 13.6. The average Bonchev–Trinajstić information content (AvgIpc) is 1.07. The lowest BCUT2D eigenvalue weighted by Crippen LogP contribution is -1.95. The summed E-state index contributed by atoms with van der Waals surface area (Å²) < 4.78 is 3.24. The molecule has 0 saturated carbocycles. The van der Waals surface area contributed by atoms with Gasteiger partial charge < -0.3 is 25.9 Å². The monoisotopic (exact) mass is 2280 g/mol. The van der Waals surface area contributed by atoms with Crippen molar-refractivity contribution in [2.24, 2.45) is 19.8 Å². The molecule has 0 spiro atoms. The van der Waals surface area contributed by atoms with Crippen molar-refractivity contribution in [2.75, 3.05) is 0 Å². The van der Waals surface area contributed by atoms with Crippen LogP contribution in [-0.2, 0) is 20.6 Å². The molecule has 4 heterocycles. The van der Waals surface area contributed by atoms with Gasteiger partial charge in [0.25, 0.3) is 0 Å². The van der Waals surface area contributed by atoms with Gasteiger partial charge in [0.2, 0.25) is 0 Å². The van der Waals surface area contributed by atoms with Crippen LogP contribution in [0.15, 0.2) is 97.1 Å². The second-order valence-corrected chi connectivity index (χ2v) is 227. The van der Waals surface area contributed by atoms with Gasteiger partial charge in [0.1, 0.15) is 22.8 Å². The smallest absolute Gasteiger partial charge is 0.189 e. The number of fused-ring (bicyclic) bond motifs is 2. The summed E-state index contributed by atoms with van der Waals surface area (Å²) in [5.41, 5.74) is 14.3. The molecule has 6 N–H and O–H groups in total. The van der Waals surface area contributed by atoms with Crippen molar-refractivity contribution in [2.45, 2.75) is 14.0 Å². The summed E-state index contributed by atoms with van der Waals surface area (Å²) in [5.74, 6) is 1.28. The topological polar surface area (TPSA) is 164 Å². The maximum atomic E-state index is 10.7. The molecule has 0 fully saturated rings. The number of nitrogens with two attached hydrogens (primary N) is 1. The van der Waals surface area contributed by atoms with Crippen LogP contribution in [0, 0.1) is 6.57 Å². The van der Waals surface area contributed by atoms with E-state index < -0.39 is 0 Å². The first-order chi connectivity index (χ1) is 46.6. The van der Waals surface area contributed by atoms with E-state index in [2.05, 4.69) is 267 Å². The third-order valence-corrected chi connectivity index (χ3v) is 365. The van der Waals surface area contributed by atoms with Gasteiger partial charge in [0.05, 0.1) is 28.6 Å². The van der Waals surface area contributed by atoms with E-state index in [1.807, 2.05) is 78.9 Å². The SMILES string of the molecule is C.Cn1nc(-c2ccccc2)c(O)c1-c1nc2ccc(CN)cc2[nH]1.PPP(P)P(P(P(P)P)P(P)P)P(P(P(P)P)P(P)P)P(P(P(P(P)P)P(P)P)P(P(P)P)P(P)P)P(P(P(P)P)P(P)P)P(P(P)P)P(P)P.[C-]#[N+]c1ccc2nc(-c3c(O)c(-c4ccccc4)nn3C)[nH]c2c1. The molecule has 8 aromatic rings. The number of H-pyrrole nitrogens is 2. The Bertz CT molecular complexity index is 3730. The summed E-state index contributed by atoms with van der Waals surface area (Å²) in [6.45, 7) is 3.74. The van der Waals surface area contributed by atoms with E-state index >= 15 is 0 Å². The standard InChI is InChI=1S/C18H13N5O.C18H17N5O.CH4.H53P51/c1-19-12-8-9-13-14(10-12)21-18(20-13)16-17(24)15(22-23(16)2)11-6-4-3-5-7-11;1-23-16(17(24)15(22-23)12-5-3-2-4-6-12)18-20-13-8-7-11(10-19)9-14(13)21-18;;1-27-40(26)47(41(28(2)3)29(4)5)50(46(38(22)23)39(24)25)51(48(42(30(6)7)31(8)9)43(32(10)11)33(12)13)49(44(34(14)15)35(16)17)45(36(18)19)37(20)21/h3-10,24H,2H3,(H,20,21);2-9,24H,10,19H2,1H3,(H,20,21);1H4;27H,1-26H2. The number of imidazole rings is 2. The molecule has 0 aliphatic rings. The third-order valence-electron chi connectivity index (χ3n) is 12.4. The highest BCUT2D eigenvalue weighted by Crippen LogP contribution is 3.46. The van der Waals surface area contributed by atoms with Crippen molar-refractivity contribution in [3.63, 3.8) is 0 Å². The fraction of sp³-hybridized carbons (Fsp3) is 0.108. The molecule has 0 saturated heterocycles. The van der Waals surface area contributed by atoms with Crippen LogP contribution in [0.3, 0.4) is 0 Å². The highest BCUT2D eigenvalue weighted by Gasteiger charge is 2.59. The fourth-order valence-electron chi connectivity index (χ4n) is 8.59. The molecule has 30 unspecified atom stereocenters. The molecule has 0 radical (unpaired) electrons. The Balaban J connectivity index is 0.000000300. The number of aromatic nitrogens is 8. The second-order valence-electron chi connectivity index (χ2n) is 19.1. The number of rotatable bonds is 29. The van der Waals surface area contributed by atoms with Crippen LogP contribution in [0.5, 0.6) is 11.5 Å². The summed E-state index contributed by atoms with van der Waals surface area (Å²) in [7, 11) is 95.2. The summed E-state index contributed by atoms with van der Waals surface area (Å²) in [4.78, 5) is 18.9. The Morgan fingerprint density at radius 2 is 0.720 bits per heavy atom. The maximum absolute atomic E-state index is 10.7. The summed E-state index contributed by atoms with van der Waals surface area (Å²) in [6, 6.07) is 30.2. The largest absolute Gasteiger partial charge is 0.504 e. The van der Waals surface area contributed by atoms with E-state index in [1.165, 1.54) is 0 Å². The van der Waals surface area contributed by atoms with Crippen LogP contribution in [-0.4, -0.2) is 49.7 Å². The molecule has 63 heteroatoms. The molecule has 0 bridgehead atoms. The van der Waals surface area contributed by atoms with E-state index in [-0.39, 0.29) is 187 Å². The Kier molecular flexibility index (Phi) is 56.0. The minimum absolute atomic E-state index is 0. The highest BCUT2D eigenvalue weighted by molar-refractivity contribution is 9.52. The summed E-state index contributed by atoms with van der Waals surface area (Å²) in [6.07, 6.45) is 0. The van der Waals surface area contributed by atoms with Gasteiger partial charge in [-0.1, -0.05) is 88.2 Å². The predicted octanol–water partition coefficient (Wildman–Crippen LogP) is 37.1. The fourth-order valence-corrected chi connectivity index (χ4v) is 729. The van der Waals surface area contributed by atoms with E-state index in [9.17, 15) is 10.2 Å². The highest BCUT2D eigenvalue weighted by atomic mass is 33.6. The zero-order valence-electron chi connectivity index (χ0n) is 52.3. The summed E-state index contributed by atoms with van der Waals surface area (Å²) >= 11 is 0. The molecule has 0 aliphatic heterocycles. The Labute approximate surface area is 682 Å².